The maximum absolute atomic E-state index is 5.52. The number of ether oxygens (including phenoxy) is 1. The molecule has 1 aromatic rings. The molecule has 0 saturated heterocycles. The van der Waals surface area contributed by atoms with Gasteiger partial charge in [-0.3, -0.25) is 0 Å². The first-order valence-corrected chi connectivity index (χ1v) is 5.97. The monoisotopic (exact) mass is 222 g/mol. The van der Waals surface area contributed by atoms with E-state index in [4.69, 9.17) is 4.74 Å². The van der Waals surface area contributed by atoms with Gasteiger partial charge in [-0.25, -0.2) is 4.98 Å². The van der Waals surface area contributed by atoms with E-state index >= 15 is 0 Å². The summed E-state index contributed by atoms with van der Waals surface area (Å²) in [5.41, 5.74) is 0. The molecule has 0 spiro atoms. The van der Waals surface area contributed by atoms with Crippen LogP contribution in [-0.2, 0) is 0 Å². The maximum Gasteiger partial charge on any atom is 0.168 e. The van der Waals surface area contributed by atoms with E-state index in [1.807, 2.05) is 19.1 Å². The van der Waals surface area contributed by atoms with Crippen molar-refractivity contribution in [2.45, 2.75) is 40.2 Å². The average molecular weight is 222 g/mol. The topological polar surface area (TPSA) is 34.1 Å². The van der Waals surface area contributed by atoms with Crippen LogP contribution < -0.4 is 10.1 Å². The third-order valence-corrected chi connectivity index (χ3v) is 2.28. The molecule has 16 heavy (non-hydrogen) atoms. The second-order valence-electron chi connectivity index (χ2n) is 4.46. The number of hydrogen-bond donors (Lipinski definition) is 1. The second kappa shape index (κ2) is 6.36. The predicted octanol–water partition coefficient (Wildman–Crippen LogP) is 3.33. The Morgan fingerprint density at radius 3 is 2.75 bits per heavy atom. The highest BCUT2D eigenvalue weighted by atomic mass is 16.5. The molecule has 1 N–H and O–H groups in total. The zero-order valence-electron chi connectivity index (χ0n) is 10.7. The minimum Gasteiger partial charge on any atom is -0.490 e. The van der Waals surface area contributed by atoms with Crippen LogP contribution in [-0.4, -0.2) is 17.6 Å². The Morgan fingerprint density at radius 1 is 1.38 bits per heavy atom. The van der Waals surface area contributed by atoms with E-state index in [1.165, 1.54) is 0 Å². The Labute approximate surface area is 98.2 Å². The van der Waals surface area contributed by atoms with Gasteiger partial charge >= 0.3 is 0 Å². The minimum absolute atomic E-state index is 0.411. The van der Waals surface area contributed by atoms with Gasteiger partial charge in [-0.1, -0.05) is 13.8 Å². The summed E-state index contributed by atoms with van der Waals surface area (Å²) in [5, 5.41) is 3.39. The molecule has 1 heterocycles. The Bertz CT molecular complexity index is 313. The molecule has 0 aliphatic rings. The fourth-order valence-electron chi connectivity index (χ4n) is 1.77. The minimum atomic E-state index is 0.411. The van der Waals surface area contributed by atoms with Gasteiger partial charge in [-0.05, 0) is 38.3 Å². The van der Waals surface area contributed by atoms with Crippen LogP contribution in [0, 0.1) is 5.92 Å². The van der Waals surface area contributed by atoms with E-state index < -0.39 is 0 Å². The van der Waals surface area contributed by atoms with E-state index in [0.29, 0.717) is 18.6 Å². The van der Waals surface area contributed by atoms with Crippen molar-refractivity contribution < 1.29 is 4.74 Å². The van der Waals surface area contributed by atoms with Crippen LogP contribution in [0.2, 0.25) is 0 Å². The Morgan fingerprint density at radius 2 is 2.12 bits per heavy atom. The first-order valence-electron chi connectivity index (χ1n) is 5.97. The van der Waals surface area contributed by atoms with Gasteiger partial charge in [-0.15, -0.1) is 0 Å². The van der Waals surface area contributed by atoms with Crippen LogP contribution in [0.4, 0.5) is 5.82 Å². The molecule has 1 atom stereocenters. The van der Waals surface area contributed by atoms with Gasteiger partial charge < -0.3 is 10.1 Å². The van der Waals surface area contributed by atoms with E-state index in [2.05, 4.69) is 31.1 Å². The lowest BCUT2D eigenvalue weighted by atomic mass is 10.1. The van der Waals surface area contributed by atoms with Crippen molar-refractivity contribution in [1.82, 2.24) is 4.98 Å². The van der Waals surface area contributed by atoms with E-state index in [1.54, 1.807) is 6.20 Å². The summed E-state index contributed by atoms with van der Waals surface area (Å²) in [6.45, 7) is 9.26. The fraction of sp³-hybridized carbons (Fsp3) is 0.615. The molecule has 0 aliphatic heterocycles. The quantitative estimate of drug-likeness (QED) is 0.801. The van der Waals surface area contributed by atoms with Gasteiger partial charge in [0.15, 0.2) is 11.6 Å². The van der Waals surface area contributed by atoms with Crippen LogP contribution in [0.25, 0.3) is 0 Å². The van der Waals surface area contributed by atoms with Crippen molar-refractivity contribution in [3.63, 3.8) is 0 Å². The molecule has 90 valence electrons. The molecular formula is C13H22N2O. The van der Waals surface area contributed by atoms with Crippen LogP contribution in [0.1, 0.15) is 34.1 Å². The number of hydrogen-bond acceptors (Lipinski definition) is 3. The smallest absolute Gasteiger partial charge is 0.168 e. The molecule has 0 bridgehead atoms. The molecule has 1 unspecified atom stereocenters. The van der Waals surface area contributed by atoms with E-state index in [0.717, 1.165) is 18.0 Å². The lowest BCUT2D eigenvalue weighted by Gasteiger charge is -2.18. The van der Waals surface area contributed by atoms with Crippen molar-refractivity contribution in [2.75, 3.05) is 11.9 Å². The summed E-state index contributed by atoms with van der Waals surface area (Å²) in [5.74, 6) is 2.36. The number of aromatic nitrogens is 1. The zero-order chi connectivity index (χ0) is 12.0. The van der Waals surface area contributed by atoms with Crippen LogP contribution >= 0.6 is 0 Å². The van der Waals surface area contributed by atoms with Crippen LogP contribution in [0.3, 0.4) is 0 Å². The molecule has 3 nitrogen and oxygen atoms in total. The molecule has 0 fully saturated rings. The van der Waals surface area contributed by atoms with Crippen molar-refractivity contribution in [3.8, 4) is 5.75 Å². The number of pyridine rings is 1. The van der Waals surface area contributed by atoms with E-state index in [9.17, 15) is 0 Å². The summed E-state index contributed by atoms with van der Waals surface area (Å²) in [4.78, 5) is 4.31. The average Bonchev–Trinajstić information content (AvgIpc) is 2.20. The largest absolute Gasteiger partial charge is 0.490 e. The number of nitrogens with zero attached hydrogens (tertiary/aromatic N) is 1. The van der Waals surface area contributed by atoms with Gasteiger partial charge in [0, 0.05) is 12.2 Å². The highest BCUT2D eigenvalue weighted by Gasteiger charge is 2.09. The SMILES string of the molecule is CCOc1cccnc1NC(C)CC(C)C. The lowest BCUT2D eigenvalue weighted by molar-refractivity contribution is 0.340. The fourth-order valence-corrected chi connectivity index (χ4v) is 1.77. The van der Waals surface area contributed by atoms with Gasteiger partial charge in [0.25, 0.3) is 0 Å². The summed E-state index contributed by atoms with van der Waals surface area (Å²) in [6.07, 6.45) is 2.91. The summed E-state index contributed by atoms with van der Waals surface area (Å²) in [6, 6.07) is 4.25. The lowest BCUT2D eigenvalue weighted by Crippen LogP contribution is -2.18. The summed E-state index contributed by atoms with van der Waals surface area (Å²) >= 11 is 0. The molecule has 1 aromatic heterocycles. The highest BCUT2D eigenvalue weighted by molar-refractivity contribution is 5.49. The third kappa shape index (κ3) is 4.09. The number of nitrogens with one attached hydrogen (secondary N) is 1. The second-order valence-corrected chi connectivity index (χ2v) is 4.46. The van der Waals surface area contributed by atoms with Crippen molar-refractivity contribution >= 4 is 5.82 Å². The number of anilines is 1. The number of rotatable bonds is 6. The van der Waals surface area contributed by atoms with Crippen molar-refractivity contribution in [2.24, 2.45) is 5.92 Å². The molecule has 3 heteroatoms. The Hall–Kier alpha value is -1.25. The van der Waals surface area contributed by atoms with Gasteiger partial charge in [0.1, 0.15) is 0 Å². The Balaban J connectivity index is 2.64. The molecule has 0 radical (unpaired) electrons. The predicted molar refractivity (Wildman–Crippen MR) is 67.9 cm³/mol. The van der Waals surface area contributed by atoms with Gasteiger partial charge in [0.2, 0.25) is 0 Å². The van der Waals surface area contributed by atoms with Gasteiger partial charge in [0.05, 0.1) is 6.61 Å². The maximum atomic E-state index is 5.52. The molecule has 0 aromatic carbocycles. The van der Waals surface area contributed by atoms with Crippen LogP contribution in [0.15, 0.2) is 18.3 Å². The highest BCUT2D eigenvalue weighted by Crippen LogP contribution is 2.22. The molecular weight excluding hydrogens is 200 g/mol. The Kier molecular flexibility index (Phi) is 5.09. The van der Waals surface area contributed by atoms with Crippen molar-refractivity contribution in [1.29, 1.82) is 0 Å². The molecule has 0 amide bonds. The first kappa shape index (κ1) is 12.8. The normalized spacial score (nSPS) is 12.6. The third-order valence-electron chi connectivity index (χ3n) is 2.28. The summed E-state index contributed by atoms with van der Waals surface area (Å²) < 4.78 is 5.52. The van der Waals surface area contributed by atoms with Crippen molar-refractivity contribution in [3.05, 3.63) is 18.3 Å². The summed E-state index contributed by atoms with van der Waals surface area (Å²) in [7, 11) is 0. The molecule has 0 saturated carbocycles. The van der Waals surface area contributed by atoms with Gasteiger partial charge in [-0.2, -0.15) is 0 Å². The first-order chi connectivity index (χ1) is 7.63. The molecule has 1 rings (SSSR count). The standard InChI is InChI=1S/C13H22N2O/c1-5-16-12-7-6-8-14-13(12)15-11(4)9-10(2)3/h6-8,10-11H,5,9H2,1-4H3,(H,14,15). The molecule has 0 aliphatic carbocycles. The van der Waals surface area contributed by atoms with Crippen LogP contribution in [0.5, 0.6) is 5.75 Å². The van der Waals surface area contributed by atoms with E-state index in [-0.39, 0.29) is 0 Å². The zero-order valence-corrected chi connectivity index (χ0v) is 10.7.